The fraction of sp³-hybridized carbons (Fsp3) is 0.556. The first-order valence-electron chi connectivity index (χ1n) is 14.4. The SMILES string of the molecule is CCCC[n+]1ccn(C)c1.CCCC[n+]1ccn(C)c1.CCCC[n+]1ccn(C)c1.N#CB([O-])F.N#CB([O-])F.N#CB([O-])F. The van der Waals surface area contributed by atoms with E-state index < -0.39 is 21.6 Å². The summed E-state index contributed by atoms with van der Waals surface area (Å²) >= 11 is 0. The molecule has 18 heteroatoms. The normalized spacial score (nSPS) is 8.73. The fourth-order valence-corrected chi connectivity index (χ4v) is 2.92. The molecule has 246 valence electrons. The highest BCUT2D eigenvalue weighted by Gasteiger charge is 1.98. The third-order valence-corrected chi connectivity index (χ3v) is 5.09. The van der Waals surface area contributed by atoms with Crippen molar-refractivity contribution < 1.29 is 41.7 Å². The number of rotatable bonds is 9. The molecule has 0 fully saturated rings. The highest BCUT2D eigenvalue weighted by molar-refractivity contribution is 6.49. The number of nitriles is 3. The summed E-state index contributed by atoms with van der Waals surface area (Å²) in [4.78, 5) is 0. The van der Waals surface area contributed by atoms with Gasteiger partial charge >= 0.3 is 21.6 Å². The first kappa shape index (κ1) is 45.4. The topological polar surface area (TPSA) is 167 Å². The average molecular weight is 633 g/mol. The van der Waals surface area contributed by atoms with Crippen LogP contribution in [-0.4, -0.2) is 35.3 Å². The number of unbranched alkanes of at least 4 members (excludes halogenated alkanes) is 3. The zero-order chi connectivity index (χ0) is 35.0. The first-order valence-corrected chi connectivity index (χ1v) is 14.4. The fourth-order valence-electron chi connectivity index (χ4n) is 2.92. The van der Waals surface area contributed by atoms with Gasteiger partial charge in [-0.15, -0.1) is 0 Å². The van der Waals surface area contributed by atoms with E-state index in [1.807, 2.05) is 21.1 Å². The lowest BCUT2D eigenvalue weighted by Crippen LogP contribution is -2.30. The zero-order valence-electron chi connectivity index (χ0n) is 27.2. The van der Waals surface area contributed by atoms with Crippen molar-refractivity contribution in [2.24, 2.45) is 21.1 Å². The molecule has 0 unspecified atom stereocenters. The van der Waals surface area contributed by atoms with Crippen molar-refractivity contribution in [3.05, 3.63) is 56.2 Å². The highest BCUT2D eigenvalue weighted by Crippen LogP contribution is 1.87. The number of aryl methyl sites for hydroxylation is 6. The summed E-state index contributed by atoms with van der Waals surface area (Å²) in [6, 6.07) is 0. The smallest absolute Gasteiger partial charge is 0.365 e. The maximum atomic E-state index is 10.5. The van der Waals surface area contributed by atoms with Crippen LogP contribution in [0.4, 0.5) is 12.9 Å². The van der Waals surface area contributed by atoms with Gasteiger partial charge in [-0.05, 0) is 19.3 Å². The van der Waals surface area contributed by atoms with Crippen molar-refractivity contribution in [1.29, 1.82) is 15.8 Å². The van der Waals surface area contributed by atoms with Gasteiger partial charge in [-0.25, -0.2) is 43.2 Å². The zero-order valence-corrected chi connectivity index (χ0v) is 27.2. The lowest BCUT2D eigenvalue weighted by atomic mass is 10.0. The summed E-state index contributed by atoms with van der Waals surface area (Å²) in [7, 11) is -1.55. The van der Waals surface area contributed by atoms with E-state index in [0.29, 0.717) is 0 Å². The standard InChI is InChI=1S/3C8H15N2.3CBFNO/c3*1-3-4-5-10-7-6-9(2)8-10;3*3-2(5)1-4/h3*6-8H,3-5H2,1-2H3;;;/q3*+1;3*-1. The molecule has 0 amide bonds. The Kier molecular flexibility index (Phi) is 31.7. The highest BCUT2D eigenvalue weighted by atomic mass is 19.1. The first-order chi connectivity index (χ1) is 21.3. The maximum absolute atomic E-state index is 10.5. The van der Waals surface area contributed by atoms with Crippen LogP contribution in [0, 0.1) is 33.7 Å². The van der Waals surface area contributed by atoms with E-state index in [2.05, 4.69) is 104 Å². The molecule has 0 aliphatic carbocycles. The molecule has 3 heterocycles. The number of nitrogens with zero attached hydrogens (tertiary/aromatic N) is 9. The van der Waals surface area contributed by atoms with Gasteiger partial charge in [0.05, 0.1) is 40.8 Å². The summed E-state index contributed by atoms with van der Waals surface area (Å²) in [6.45, 7) is 10.1. The summed E-state index contributed by atoms with van der Waals surface area (Å²) < 4.78 is 44.4. The maximum Gasteiger partial charge on any atom is 0.365 e. The van der Waals surface area contributed by atoms with Crippen molar-refractivity contribution >= 4 is 21.6 Å². The van der Waals surface area contributed by atoms with Crippen LogP contribution in [0.5, 0.6) is 0 Å². The summed E-state index contributed by atoms with van der Waals surface area (Å²) in [5, 5.41) is 48.2. The van der Waals surface area contributed by atoms with Gasteiger partial charge in [0.25, 0.3) is 0 Å². The lowest BCUT2D eigenvalue weighted by molar-refractivity contribution is -0.696. The molecule has 0 atom stereocenters. The van der Waals surface area contributed by atoms with Gasteiger partial charge < -0.3 is 28.0 Å². The molecule has 0 N–H and O–H groups in total. The van der Waals surface area contributed by atoms with E-state index in [1.54, 1.807) is 0 Å². The minimum atomic E-state index is -2.56. The second-order valence-corrected chi connectivity index (χ2v) is 9.35. The van der Waals surface area contributed by atoms with Crippen LogP contribution in [0.2, 0.25) is 0 Å². The van der Waals surface area contributed by atoms with Gasteiger partial charge in [-0.1, -0.05) is 40.0 Å². The second-order valence-electron chi connectivity index (χ2n) is 9.35. The van der Waals surface area contributed by atoms with E-state index in [1.165, 1.54) is 38.5 Å². The molecule has 45 heavy (non-hydrogen) atoms. The summed E-state index contributed by atoms with van der Waals surface area (Å²) in [5.74, 6) is 2.42. The molecule has 0 spiro atoms. The quantitative estimate of drug-likeness (QED) is 0.237. The number of hydrogen-bond acceptors (Lipinski definition) is 6. The molecule has 0 aromatic carbocycles. The van der Waals surface area contributed by atoms with Crippen LogP contribution in [0.15, 0.2) is 56.2 Å². The van der Waals surface area contributed by atoms with Crippen molar-refractivity contribution in [1.82, 2.24) is 13.7 Å². The molecule has 0 aliphatic rings. The lowest BCUT2D eigenvalue weighted by Gasteiger charge is -1.90. The molecule has 0 bridgehead atoms. The third-order valence-electron chi connectivity index (χ3n) is 5.09. The van der Waals surface area contributed by atoms with Gasteiger partial charge in [-0.2, -0.15) is 0 Å². The Bertz CT molecular complexity index is 1070. The Labute approximate surface area is 266 Å². The Morgan fingerprint density at radius 2 is 0.756 bits per heavy atom. The molecule has 0 saturated carbocycles. The van der Waals surface area contributed by atoms with Crippen molar-refractivity contribution in [2.45, 2.75) is 78.9 Å². The molecule has 3 aromatic heterocycles. The number of imidazole rings is 3. The largest absolute Gasteiger partial charge is 0.840 e. The molecule has 0 radical (unpaired) electrons. The van der Waals surface area contributed by atoms with E-state index >= 15 is 0 Å². The number of halogens is 3. The van der Waals surface area contributed by atoms with Crippen LogP contribution >= 0.6 is 0 Å². The molecule has 12 nitrogen and oxygen atoms in total. The van der Waals surface area contributed by atoms with Crippen LogP contribution in [0.1, 0.15) is 59.3 Å². The van der Waals surface area contributed by atoms with Gasteiger partial charge in [0.1, 0.15) is 37.2 Å². The number of hydrogen-bond donors (Lipinski definition) is 0. The third kappa shape index (κ3) is 34.3. The molecular weight excluding hydrogens is 588 g/mol. The van der Waals surface area contributed by atoms with E-state index in [-0.39, 0.29) is 0 Å². The van der Waals surface area contributed by atoms with E-state index in [0.717, 1.165) is 37.5 Å². The van der Waals surface area contributed by atoms with E-state index in [9.17, 15) is 12.9 Å². The summed E-state index contributed by atoms with van der Waals surface area (Å²) in [5.41, 5.74) is 0. The van der Waals surface area contributed by atoms with Crippen molar-refractivity contribution in [3.63, 3.8) is 0 Å². The van der Waals surface area contributed by atoms with E-state index in [4.69, 9.17) is 30.9 Å². The molecule has 0 aliphatic heterocycles. The van der Waals surface area contributed by atoms with Gasteiger partial charge in [0.15, 0.2) is 0 Å². The van der Waals surface area contributed by atoms with Crippen molar-refractivity contribution in [2.75, 3.05) is 0 Å². The van der Waals surface area contributed by atoms with Gasteiger partial charge in [-0.3, -0.25) is 0 Å². The molecule has 0 saturated heterocycles. The monoisotopic (exact) mass is 633 g/mol. The minimum Gasteiger partial charge on any atom is -0.840 e. The molecule has 3 rings (SSSR count). The van der Waals surface area contributed by atoms with Gasteiger partial charge in [0.2, 0.25) is 19.0 Å². The Hall–Kier alpha value is -4.04. The Morgan fingerprint density at radius 3 is 0.867 bits per heavy atom. The Morgan fingerprint density at radius 1 is 0.556 bits per heavy atom. The van der Waals surface area contributed by atoms with Gasteiger partial charge in [0, 0.05) is 17.9 Å². The van der Waals surface area contributed by atoms with Crippen LogP contribution < -0.4 is 28.8 Å². The average Bonchev–Trinajstić information content (AvgIpc) is 3.76. The minimum absolute atomic E-state index is 0.806. The van der Waals surface area contributed by atoms with Crippen LogP contribution in [-0.2, 0) is 40.8 Å². The predicted molar refractivity (Wildman–Crippen MR) is 159 cm³/mol. The van der Waals surface area contributed by atoms with Crippen molar-refractivity contribution in [3.8, 4) is 17.9 Å². The number of aromatic nitrogens is 6. The van der Waals surface area contributed by atoms with Crippen LogP contribution in [0.3, 0.4) is 0 Å². The predicted octanol–water partition coefficient (Wildman–Crippen LogP) is -0.0604. The second kappa shape index (κ2) is 31.4. The summed E-state index contributed by atoms with van der Waals surface area (Å²) in [6.07, 6.45) is 26.5. The Balaban J connectivity index is -0.000000486. The molecule has 3 aromatic rings. The van der Waals surface area contributed by atoms with Crippen LogP contribution in [0.25, 0.3) is 0 Å². The molecular formula is C27H45B3F3N9O3.